The summed E-state index contributed by atoms with van der Waals surface area (Å²) in [7, 11) is 1.63. The molecule has 6 heteroatoms. The van der Waals surface area contributed by atoms with Gasteiger partial charge in [-0.15, -0.1) is 0 Å². The number of benzene rings is 2. The van der Waals surface area contributed by atoms with Crippen LogP contribution in [0.4, 0.5) is 0 Å². The van der Waals surface area contributed by atoms with Crippen LogP contribution in [0.3, 0.4) is 0 Å². The number of carbonyl (C=O) groups excluding carboxylic acids is 1. The summed E-state index contributed by atoms with van der Waals surface area (Å²) in [6.07, 6.45) is 4.36. The minimum Gasteiger partial charge on any atom is -0.497 e. The van der Waals surface area contributed by atoms with Crippen molar-refractivity contribution in [3.63, 3.8) is 0 Å². The average Bonchev–Trinajstić information content (AvgIpc) is 3.17. The standard InChI is InChI=1S/C22H23N3O3/c1-15-23-9-10-25(15)20-6-4-3-5-17(20)13-24-22(26)18-11-16-7-8-19(27-2)12-21(16)28-14-18/h3-10,12,18H,11,13-14H2,1-2H3,(H,24,26)/t18-/m1/s1. The van der Waals surface area contributed by atoms with Crippen LogP contribution >= 0.6 is 0 Å². The minimum atomic E-state index is -0.206. The lowest BCUT2D eigenvalue weighted by Gasteiger charge is -2.25. The molecule has 0 fully saturated rings. The number of ether oxygens (including phenoxy) is 2. The van der Waals surface area contributed by atoms with Gasteiger partial charge >= 0.3 is 0 Å². The molecular formula is C22H23N3O3. The van der Waals surface area contributed by atoms with Crippen molar-refractivity contribution in [1.82, 2.24) is 14.9 Å². The maximum absolute atomic E-state index is 12.7. The molecule has 0 saturated heterocycles. The molecule has 1 aromatic heterocycles. The fraction of sp³-hybridized carbons (Fsp3) is 0.273. The van der Waals surface area contributed by atoms with Gasteiger partial charge in [0.25, 0.3) is 0 Å². The van der Waals surface area contributed by atoms with Crippen LogP contribution < -0.4 is 14.8 Å². The highest BCUT2D eigenvalue weighted by Crippen LogP contribution is 2.31. The summed E-state index contributed by atoms with van der Waals surface area (Å²) >= 11 is 0. The second kappa shape index (κ2) is 7.76. The lowest BCUT2D eigenvalue weighted by molar-refractivity contribution is -0.126. The van der Waals surface area contributed by atoms with E-state index in [1.165, 1.54) is 0 Å². The van der Waals surface area contributed by atoms with Gasteiger partial charge in [0.2, 0.25) is 5.91 Å². The fourth-order valence-electron chi connectivity index (χ4n) is 3.50. The highest BCUT2D eigenvalue weighted by molar-refractivity contribution is 5.79. The summed E-state index contributed by atoms with van der Waals surface area (Å²) in [5.41, 5.74) is 3.09. The molecule has 0 radical (unpaired) electrons. The lowest BCUT2D eigenvalue weighted by atomic mass is 9.95. The van der Waals surface area contributed by atoms with Crippen LogP contribution in [0.1, 0.15) is 17.0 Å². The van der Waals surface area contributed by atoms with Crippen molar-refractivity contribution in [2.75, 3.05) is 13.7 Å². The molecule has 2 aromatic carbocycles. The molecule has 1 aliphatic heterocycles. The second-order valence-corrected chi connectivity index (χ2v) is 6.88. The minimum absolute atomic E-state index is 0.00127. The number of amides is 1. The quantitative estimate of drug-likeness (QED) is 0.742. The first-order chi connectivity index (χ1) is 13.7. The molecule has 4 rings (SSSR count). The first kappa shape index (κ1) is 18.1. The third-order valence-corrected chi connectivity index (χ3v) is 5.08. The molecule has 28 heavy (non-hydrogen) atoms. The molecule has 144 valence electrons. The number of carbonyl (C=O) groups is 1. The Balaban J connectivity index is 1.44. The first-order valence-electron chi connectivity index (χ1n) is 9.31. The number of nitrogens with zero attached hydrogens (tertiary/aromatic N) is 2. The van der Waals surface area contributed by atoms with Gasteiger partial charge in [-0.2, -0.15) is 0 Å². The Morgan fingerprint density at radius 2 is 2.18 bits per heavy atom. The van der Waals surface area contributed by atoms with Crippen LogP contribution in [-0.2, 0) is 17.8 Å². The number of aromatic nitrogens is 2. The Hall–Kier alpha value is -3.28. The van der Waals surface area contributed by atoms with Gasteiger partial charge in [-0.1, -0.05) is 24.3 Å². The van der Waals surface area contributed by atoms with Gasteiger partial charge in [-0.3, -0.25) is 4.79 Å². The van der Waals surface area contributed by atoms with Gasteiger partial charge < -0.3 is 19.4 Å². The number of rotatable bonds is 5. The summed E-state index contributed by atoms with van der Waals surface area (Å²) in [6, 6.07) is 13.7. The summed E-state index contributed by atoms with van der Waals surface area (Å²) < 4.78 is 13.0. The third-order valence-electron chi connectivity index (χ3n) is 5.08. The zero-order valence-electron chi connectivity index (χ0n) is 16.0. The SMILES string of the molecule is COc1ccc2c(c1)OC[C@H](C(=O)NCc1ccccc1-n1ccnc1C)C2. The largest absolute Gasteiger partial charge is 0.497 e. The Labute approximate surface area is 164 Å². The predicted molar refractivity (Wildman–Crippen MR) is 106 cm³/mol. The molecule has 1 amide bonds. The Morgan fingerprint density at radius 3 is 2.96 bits per heavy atom. The van der Waals surface area contributed by atoms with Crippen LogP contribution in [0.5, 0.6) is 11.5 Å². The second-order valence-electron chi connectivity index (χ2n) is 6.88. The van der Waals surface area contributed by atoms with Gasteiger partial charge in [0.15, 0.2) is 0 Å². The maximum Gasteiger partial charge on any atom is 0.227 e. The van der Waals surface area contributed by atoms with E-state index < -0.39 is 0 Å². The molecule has 1 N–H and O–H groups in total. The summed E-state index contributed by atoms with van der Waals surface area (Å²) in [4.78, 5) is 17.0. The van der Waals surface area contributed by atoms with E-state index in [0.717, 1.165) is 34.1 Å². The zero-order valence-corrected chi connectivity index (χ0v) is 16.0. The molecule has 0 unspecified atom stereocenters. The zero-order chi connectivity index (χ0) is 19.5. The predicted octanol–water partition coefficient (Wildman–Crippen LogP) is 3.06. The van der Waals surface area contributed by atoms with E-state index in [1.807, 2.05) is 60.2 Å². The Bertz CT molecular complexity index is 996. The monoisotopic (exact) mass is 377 g/mol. The van der Waals surface area contributed by atoms with Gasteiger partial charge in [0, 0.05) is 25.0 Å². The number of imidazole rings is 1. The number of nitrogens with one attached hydrogen (secondary N) is 1. The van der Waals surface area contributed by atoms with E-state index >= 15 is 0 Å². The average molecular weight is 377 g/mol. The highest BCUT2D eigenvalue weighted by atomic mass is 16.5. The van der Waals surface area contributed by atoms with Crippen LogP contribution in [0.25, 0.3) is 5.69 Å². The molecule has 0 bridgehead atoms. The maximum atomic E-state index is 12.7. The molecule has 3 aromatic rings. The van der Waals surface area contributed by atoms with Crippen LogP contribution in [0, 0.1) is 12.8 Å². The van der Waals surface area contributed by atoms with Crippen LogP contribution in [-0.4, -0.2) is 29.2 Å². The van der Waals surface area contributed by atoms with E-state index in [4.69, 9.17) is 9.47 Å². The molecule has 0 saturated carbocycles. The molecule has 1 aliphatic rings. The van der Waals surface area contributed by atoms with Gasteiger partial charge in [0.1, 0.15) is 23.9 Å². The van der Waals surface area contributed by atoms with Crippen molar-refractivity contribution in [2.45, 2.75) is 19.9 Å². The number of aryl methyl sites for hydroxylation is 1. The topological polar surface area (TPSA) is 65.4 Å². The van der Waals surface area contributed by atoms with Crippen molar-refractivity contribution >= 4 is 5.91 Å². The molecule has 0 spiro atoms. The van der Waals surface area contributed by atoms with Crippen molar-refractivity contribution in [2.24, 2.45) is 5.92 Å². The Kier molecular flexibility index (Phi) is 5.02. The molecular weight excluding hydrogens is 354 g/mol. The highest BCUT2D eigenvalue weighted by Gasteiger charge is 2.26. The van der Waals surface area contributed by atoms with Crippen molar-refractivity contribution in [3.05, 3.63) is 71.8 Å². The van der Waals surface area contributed by atoms with Gasteiger partial charge in [0.05, 0.1) is 18.7 Å². The fourth-order valence-corrected chi connectivity index (χ4v) is 3.50. The van der Waals surface area contributed by atoms with E-state index in [1.54, 1.807) is 13.3 Å². The third kappa shape index (κ3) is 3.58. The van der Waals surface area contributed by atoms with Gasteiger partial charge in [-0.05, 0) is 36.6 Å². The molecule has 1 atom stereocenters. The smallest absolute Gasteiger partial charge is 0.227 e. The first-order valence-corrected chi connectivity index (χ1v) is 9.31. The van der Waals surface area contributed by atoms with E-state index in [9.17, 15) is 4.79 Å². The summed E-state index contributed by atoms with van der Waals surface area (Å²) in [5.74, 6) is 2.26. The summed E-state index contributed by atoms with van der Waals surface area (Å²) in [5, 5.41) is 3.07. The summed E-state index contributed by atoms with van der Waals surface area (Å²) in [6.45, 7) is 2.79. The van der Waals surface area contributed by atoms with Crippen molar-refractivity contribution < 1.29 is 14.3 Å². The van der Waals surface area contributed by atoms with Crippen molar-refractivity contribution in [3.8, 4) is 17.2 Å². The number of methoxy groups -OCH3 is 1. The van der Waals surface area contributed by atoms with Crippen molar-refractivity contribution in [1.29, 1.82) is 0 Å². The van der Waals surface area contributed by atoms with Crippen LogP contribution in [0.2, 0.25) is 0 Å². The van der Waals surface area contributed by atoms with Crippen LogP contribution in [0.15, 0.2) is 54.9 Å². The number of fused-ring (bicyclic) bond motifs is 1. The lowest BCUT2D eigenvalue weighted by Crippen LogP contribution is -2.37. The number of hydrogen-bond acceptors (Lipinski definition) is 4. The van der Waals surface area contributed by atoms with E-state index in [2.05, 4.69) is 10.3 Å². The molecule has 2 heterocycles. The normalized spacial score (nSPS) is 15.4. The molecule has 0 aliphatic carbocycles. The van der Waals surface area contributed by atoms with E-state index in [-0.39, 0.29) is 11.8 Å². The van der Waals surface area contributed by atoms with Gasteiger partial charge in [-0.25, -0.2) is 4.98 Å². The number of hydrogen-bond donors (Lipinski definition) is 1. The van der Waals surface area contributed by atoms with E-state index in [0.29, 0.717) is 19.6 Å². The molecule has 6 nitrogen and oxygen atoms in total. The number of para-hydroxylation sites is 1. The Morgan fingerprint density at radius 1 is 1.32 bits per heavy atom.